The number of nitrogen functional groups attached to an aromatic ring is 1. The summed E-state index contributed by atoms with van der Waals surface area (Å²) in [5.41, 5.74) is 6.12. The molecule has 218 valence electrons. The molecular formula is C23H30ClFN7O7P. The minimum Gasteiger partial charge on any atom is -0.462 e. The summed E-state index contributed by atoms with van der Waals surface area (Å²) in [6, 6.07) is 6.93. The van der Waals surface area contributed by atoms with Crippen LogP contribution in [0, 0.1) is 0 Å². The first kappa shape index (κ1) is 29.9. The molecule has 1 unspecified atom stereocenters. The van der Waals surface area contributed by atoms with Gasteiger partial charge in [0.25, 0.3) is 5.13 Å². The number of aliphatic hydroxyl groups is 1. The second-order valence-electron chi connectivity index (χ2n) is 9.18. The maximum absolute atomic E-state index is 15.7. The van der Waals surface area contributed by atoms with Crippen LogP contribution in [-0.2, 0) is 23.4 Å². The lowest BCUT2D eigenvalue weighted by Crippen LogP contribution is -2.40. The van der Waals surface area contributed by atoms with Gasteiger partial charge in [-0.05, 0) is 32.9 Å². The molecule has 1 fully saturated rings. The van der Waals surface area contributed by atoms with Crippen molar-refractivity contribution in [2.24, 2.45) is 0 Å². The number of para-hydroxylation sites is 1. The van der Waals surface area contributed by atoms with Gasteiger partial charge in [0.2, 0.25) is 5.95 Å². The lowest BCUT2D eigenvalue weighted by atomic mass is 10.1. The van der Waals surface area contributed by atoms with E-state index < -0.39 is 56.0 Å². The van der Waals surface area contributed by atoms with Crippen molar-refractivity contribution in [1.82, 2.24) is 24.6 Å². The molecule has 17 heteroatoms. The number of imidazole rings is 1. The monoisotopic (exact) mass is 601 g/mol. The smallest absolute Gasteiger partial charge is 0.459 e. The van der Waals surface area contributed by atoms with Gasteiger partial charge in [0.15, 0.2) is 23.2 Å². The lowest BCUT2D eigenvalue weighted by molar-refractivity contribution is -0.149. The van der Waals surface area contributed by atoms with Crippen LogP contribution in [0.25, 0.3) is 11.2 Å². The van der Waals surface area contributed by atoms with Crippen LogP contribution >= 0.6 is 19.3 Å². The van der Waals surface area contributed by atoms with Gasteiger partial charge in [-0.15, -0.1) is 0 Å². The molecule has 4 rings (SSSR count). The number of esters is 1. The summed E-state index contributed by atoms with van der Waals surface area (Å²) in [4.78, 5) is 24.7. The third-order valence-corrected chi connectivity index (χ3v) is 7.80. The molecule has 3 aromatic rings. The zero-order valence-corrected chi connectivity index (χ0v) is 23.7. The molecule has 5 N–H and O–H groups in total. The number of aliphatic hydroxyl groups excluding tert-OH is 1. The second-order valence-corrected chi connectivity index (χ2v) is 11.5. The topological polar surface area (TPSA) is 185 Å². The molecule has 14 nitrogen and oxygen atoms in total. The first-order chi connectivity index (χ1) is 18.8. The van der Waals surface area contributed by atoms with Crippen LogP contribution in [0.3, 0.4) is 0 Å². The molecule has 0 bridgehead atoms. The summed E-state index contributed by atoms with van der Waals surface area (Å²) < 4.78 is 52.6. The summed E-state index contributed by atoms with van der Waals surface area (Å²) in [5, 5.41) is 13.2. The van der Waals surface area contributed by atoms with E-state index in [2.05, 4.69) is 25.4 Å². The number of rotatable bonds is 11. The van der Waals surface area contributed by atoms with Gasteiger partial charge in [-0.25, -0.2) is 13.9 Å². The number of carbonyl (C=O) groups excluding carboxylic acids is 1. The molecule has 0 amide bonds. The van der Waals surface area contributed by atoms with E-state index in [-0.39, 0.29) is 28.7 Å². The minimum atomic E-state index is -4.32. The van der Waals surface area contributed by atoms with E-state index in [1.807, 2.05) is 0 Å². The van der Waals surface area contributed by atoms with Gasteiger partial charge in [0, 0.05) is 7.05 Å². The third-order valence-electron chi connectivity index (χ3n) is 5.74. The molecule has 0 spiro atoms. The first-order valence-electron chi connectivity index (χ1n) is 12.2. The van der Waals surface area contributed by atoms with Crippen molar-refractivity contribution in [3.05, 3.63) is 36.7 Å². The minimum absolute atomic E-state index is 0.0931. The maximum Gasteiger partial charge on any atom is 0.459 e. The van der Waals surface area contributed by atoms with Crippen molar-refractivity contribution in [2.45, 2.75) is 56.5 Å². The zero-order valence-electron chi connectivity index (χ0n) is 22.0. The molecule has 1 aliphatic heterocycles. The number of hydrogen-bond acceptors (Lipinski definition) is 12. The Balaban J connectivity index is 1.56. The highest BCUT2D eigenvalue weighted by Gasteiger charge is 2.58. The molecule has 0 saturated carbocycles. The Kier molecular flexibility index (Phi) is 8.83. The highest BCUT2D eigenvalue weighted by molar-refractivity contribution is 7.52. The van der Waals surface area contributed by atoms with Crippen molar-refractivity contribution >= 4 is 48.2 Å². The molecule has 1 saturated heterocycles. The number of benzene rings is 1. The summed E-state index contributed by atoms with van der Waals surface area (Å²) in [5.74, 6) is -0.376. The second kappa shape index (κ2) is 11.8. The predicted octanol–water partition coefficient (Wildman–Crippen LogP) is 2.75. The summed E-state index contributed by atoms with van der Waals surface area (Å²) >= 11 is 6.12. The Bertz CT molecular complexity index is 1400. The van der Waals surface area contributed by atoms with Crippen LogP contribution in [0.5, 0.6) is 5.75 Å². The third kappa shape index (κ3) is 6.29. The summed E-state index contributed by atoms with van der Waals surface area (Å²) in [7, 11) is -2.73. The van der Waals surface area contributed by atoms with Crippen molar-refractivity contribution in [3.63, 3.8) is 0 Å². The first-order valence-corrected chi connectivity index (χ1v) is 14.1. The van der Waals surface area contributed by atoms with Crippen LogP contribution in [0.2, 0.25) is 0 Å². The molecule has 0 aliphatic carbocycles. The Morgan fingerprint density at radius 3 is 2.67 bits per heavy atom. The van der Waals surface area contributed by atoms with E-state index >= 15 is 4.39 Å². The highest BCUT2D eigenvalue weighted by atomic mass is 35.5. The fraction of sp³-hybridized carbons (Fsp3) is 0.478. The molecule has 3 heterocycles. The number of carbonyl (C=O) groups is 1. The maximum atomic E-state index is 15.7. The Hall–Kier alpha value is -3.07. The number of anilines is 2. The number of halogens is 2. The summed E-state index contributed by atoms with van der Waals surface area (Å²) in [6.45, 7) is 4.09. The van der Waals surface area contributed by atoms with Crippen LogP contribution in [-0.4, -0.2) is 73.7 Å². The Labute approximate surface area is 233 Å². The molecule has 1 aromatic carbocycles. The normalized spacial score (nSPS) is 25.1. The quantitative estimate of drug-likeness (QED) is 0.143. The van der Waals surface area contributed by atoms with Gasteiger partial charge in [0.1, 0.15) is 24.0 Å². The summed E-state index contributed by atoms with van der Waals surface area (Å²) in [6.07, 6.45) is -4.22. The van der Waals surface area contributed by atoms with Crippen molar-refractivity contribution in [2.75, 3.05) is 24.7 Å². The molecule has 1 aliphatic rings. The van der Waals surface area contributed by atoms with Crippen LogP contribution in [0.15, 0.2) is 36.7 Å². The lowest BCUT2D eigenvalue weighted by Gasteiger charge is -2.25. The number of nitrogens with one attached hydrogen (secondary N) is 2. The molecular weight excluding hydrogens is 572 g/mol. The van der Waals surface area contributed by atoms with Crippen molar-refractivity contribution < 1.29 is 37.4 Å². The van der Waals surface area contributed by atoms with Gasteiger partial charge in [-0.2, -0.15) is 15.1 Å². The number of aromatic nitrogens is 4. The number of ether oxygens (including phenoxy) is 2. The number of nitrogens with two attached hydrogens (primary N) is 1. The van der Waals surface area contributed by atoms with Gasteiger partial charge in [-0.3, -0.25) is 13.9 Å². The van der Waals surface area contributed by atoms with E-state index in [1.165, 1.54) is 25.4 Å². The van der Waals surface area contributed by atoms with Gasteiger partial charge < -0.3 is 30.2 Å². The van der Waals surface area contributed by atoms with Crippen LogP contribution < -0.4 is 20.7 Å². The number of fused-ring (bicyclic) bond motifs is 1. The molecule has 0 radical (unpaired) electrons. The van der Waals surface area contributed by atoms with Crippen LogP contribution in [0.1, 0.15) is 27.0 Å². The van der Waals surface area contributed by atoms with Gasteiger partial charge >= 0.3 is 13.7 Å². The van der Waals surface area contributed by atoms with E-state index in [4.69, 9.17) is 35.9 Å². The van der Waals surface area contributed by atoms with Crippen molar-refractivity contribution in [1.29, 1.82) is 0 Å². The fourth-order valence-corrected chi connectivity index (χ4v) is 5.69. The molecule has 2 aromatic heterocycles. The standard InChI is InChI=1S/C23H30ClFN7O7P/c1-12(2)37-20(34)13(3)31-40(35,39-14-8-6-5-7-9-14)36-10-15-17(33)23(24,25)21(38-15)32-11-28-16-18(27-4)29-22(26)30-19(16)32/h5-9,11-13,15,17,21,33H,10H2,1-4H3,(H,31,35)(H3,26,27,29,30)/t13?,15-,17-,21-,23-,40+/m1/s1. The number of nitrogens with zero attached hydrogens (tertiary/aromatic N) is 4. The average molecular weight is 602 g/mol. The van der Waals surface area contributed by atoms with Crippen molar-refractivity contribution in [3.8, 4) is 5.75 Å². The van der Waals surface area contributed by atoms with E-state index in [0.717, 1.165) is 4.57 Å². The Morgan fingerprint density at radius 2 is 2.02 bits per heavy atom. The largest absolute Gasteiger partial charge is 0.462 e. The zero-order chi connectivity index (χ0) is 29.2. The SMILES string of the molecule is CNc1nc(N)nc2c1ncn2[C@@H]1O[C@H](CO[P@@](=O)(NC(C)C(=O)OC(C)C)Oc2ccccc2)[C@@H](O)[C@]1(F)Cl. The highest BCUT2D eigenvalue weighted by Crippen LogP contribution is 2.49. The van der Waals surface area contributed by atoms with E-state index in [0.29, 0.717) is 0 Å². The van der Waals surface area contributed by atoms with E-state index in [9.17, 15) is 14.5 Å². The van der Waals surface area contributed by atoms with E-state index in [1.54, 1.807) is 39.1 Å². The van der Waals surface area contributed by atoms with Gasteiger partial charge in [0.05, 0.1) is 19.0 Å². The number of hydrogen-bond donors (Lipinski definition) is 4. The fourth-order valence-electron chi connectivity index (χ4n) is 3.89. The van der Waals surface area contributed by atoms with Crippen LogP contribution in [0.4, 0.5) is 16.2 Å². The number of alkyl halides is 2. The predicted molar refractivity (Wildman–Crippen MR) is 143 cm³/mol. The average Bonchev–Trinajstić information content (AvgIpc) is 3.40. The van der Waals surface area contributed by atoms with Gasteiger partial charge in [-0.1, -0.05) is 29.8 Å². The molecule has 6 atom stereocenters. The molecule has 40 heavy (non-hydrogen) atoms. The Morgan fingerprint density at radius 1 is 1.32 bits per heavy atom.